The maximum Gasteiger partial charge on any atom is 0.227 e. The number of hydrogen-bond donors (Lipinski definition) is 2. The molecule has 4 rings (SSSR count). The highest BCUT2D eigenvalue weighted by atomic mass is 35.5. The van der Waals surface area contributed by atoms with Crippen LogP contribution in [-0.4, -0.2) is 60.2 Å². The summed E-state index contributed by atoms with van der Waals surface area (Å²) in [6.07, 6.45) is 3.56. The standard InChI is InChI=1S/C24H27ClFN5O3/c1-15(32)27-7-10-31-8-5-18(6-9-31)34-23-11-16-14-28-24(30-21(16)13-22(23)33-2)29-17-3-4-20(26)19(25)12-17/h3-4,11-14,18H,5-10H2,1-2H3,(H,27,32)(H,28,29,30). The van der Waals surface area contributed by atoms with Gasteiger partial charge in [0.15, 0.2) is 11.5 Å². The minimum Gasteiger partial charge on any atom is -0.493 e. The van der Waals surface area contributed by atoms with Gasteiger partial charge in [-0.2, -0.15) is 0 Å². The molecule has 0 radical (unpaired) electrons. The van der Waals surface area contributed by atoms with Gasteiger partial charge in [-0.05, 0) is 37.1 Å². The summed E-state index contributed by atoms with van der Waals surface area (Å²) in [4.78, 5) is 22.2. The molecule has 1 aliphatic rings. The average Bonchev–Trinajstić information content (AvgIpc) is 2.82. The van der Waals surface area contributed by atoms with E-state index in [1.165, 1.54) is 19.1 Å². The quantitative estimate of drug-likeness (QED) is 0.493. The first kappa shape index (κ1) is 24.0. The number of aromatic nitrogens is 2. The van der Waals surface area contributed by atoms with E-state index in [4.69, 9.17) is 21.1 Å². The number of fused-ring (bicyclic) bond motifs is 1. The van der Waals surface area contributed by atoms with Crippen LogP contribution in [0.3, 0.4) is 0 Å². The third-order valence-electron chi connectivity index (χ3n) is 5.67. The monoisotopic (exact) mass is 487 g/mol. The Labute approximate surface area is 202 Å². The van der Waals surface area contributed by atoms with Gasteiger partial charge in [-0.3, -0.25) is 4.79 Å². The summed E-state index contributed by atoms with van der Waals surface area (Å²) in [6.45, 7) is 4.84. The Morgan fingerprint density at radius 2 is 2.03 bits per heavy atom. The highest BCUT2D eigenvalue weighted by Gasteiger charge is 2.22. The molecule has 180 valence electrons. The molecule has 3 aromatic rings. The van der Waals surface area contributed by atoms with Crippen molar-refractivity contribution in [1.82, 2.24) is 20.2 Å². The van der Waals surface area contributed by atoms with Crippen molar-refractivity contribution in [3.05, 3.63) is 47.4 Å². The Hall–Kier alpha value is -3.17. The predicted molar refractivity (Wildman–Crippen MR) is 130 cm³/mol. The second kappa shape index (κ2) is 10.8. The van der Waals surface area contributed by atoms with Gasteiger partial charge in [-0.25, -0.2) is 14.4 Å². The van der Waals surface area contributed by atoms with Crippen molar-refractivity contribution in [1.29, 1.82) is 0 Å². The van der Waals surface area contributed by atoms with E-state index in [1.807, 2.05) is 12.1 Å². The Balaban J connectivity index is 1.42. The zero-order chi connectivity index (χ0) is 24.1. The average molecular weight is 488 g/mol. The van der Waals surface area contributed by atoms with E-state index in [9.17, 15) is 9.18 Å². The van der Waals surface area contributed by atoms with Crippen LogP contribution in [0.1, 0.15) is 19.8 Å². The molecule has 0 aliphatic carbocycles. The van der Waals surface area contributed by atoms with Gasteiger partial charge in [0.1, 0.15) is 11.9 Å². The minimum absolute atomic E-state index is 0.00615. The van der Waals surface area contributed by atoms with Crippen molar-refractivity contribution in [3.8, 4) is 11.5 Å². The molecule has 34 heavy (non-hydrogen) atoms. The molecule has 0 bridgehead atoms. The van der Waals surface area contributed by atoms with Crippen LogP contribution in [0.25, 0.3) is 10.9 Å². The molecule has 10 heteroatoms. The molecule has 0 atom stereocenters. The number of anilines is 2. The second-order valence-electron chi connectivity index (χ2n) is 8.15. The van der Waals surface area contributed by atoms with Crippen LogP contribution in [0.5, 0.6) is 11.5 Å². The SMILES string of the molecule is COc1cc2nc(Nc3ccc(F)c(Cl)c3)ncc2cc1OC1CCN(CCNC(C)=O)CC1. The van der Waals surface area contributed by atoms with Gasteiger partial charge in [-0.1, -0.05) is 11.6 Å². The number of nitrogens with zero attached hydrogens (tertiary/aromatic N) is 3. The van der Waals surface area contributed by atoms with E-state index in [0.29, 0.717) is 35.2 Å². The highest BCUT2D eigenvalue weighted by molar-refractivity contribution is 6.31. The van der Waals surface area contributed by atoms with Gasteiger partial charge < -0.3 is 25.0 Å². The van der Waals surface area contributed by atoms with E-state index in [-0.39, 0.29) is 17.0 Å². The van der Waals surface area contributed by atoms with Crippen molar-refractivity contribution in [2.45, 2.75) is 25.9 Å². The lowest BCUT2D eigenvalue weighted by Crippen LogP contribution is -2.41. The summed E-state index contributed by atoms with van der Waals surface area (Å²) in [5.74, 6) is 1.11. The molecule has 2 heterocycles. The number of likely N-dealkylation sites (tertiary alicyclic amines) is 1. The van der Waals surface area contributed by atoms with Crippen LogP contribution in [0.4, 0.5) is 16.0 Å². The van der Waals surface area contributed by atoms with Crippen LogP contribution >= 0.6 is 11.6 Å². The predicted octanol–water partition coefficient (Wildman–Crippen LogP) is 4.15. The molecular weight excluding hydrogens is 461 g/mol. The number of piperidine rings is 1. The van der Waals surface area contributed by atoms with Crippen LogP contribution in [0.15, 0.2) is 36.5 Å². The van der Waals surface area contributed by atoms with E-state index in [0.717, 1.165) is 37.9 Å². The molecule has 1 saturated heterocycles. The van der Waals surface area contributed by atoms with Gasteiger partial charge in [0.05, 0.1) is 17.6 Å². The Kier molecular flexibility index (Phi) is 7.64. The fourth-order valence-corrected chi connectivity index (χ4v) is 4.05. The van der Waals surface area contributed by atoms with E-state index < -0.39 is 5.82 Å². The largest absolute Gasteiger partial charge is 0.493 e. The second-order valence-corrected chi connectivity index (χ2v) is 8.56. The van der Waals surface area contributed by atoms with Crippen LogP contribution < -0.4 is 20.1 Å². The van der Waals surface area contributed by atoms with E-state index in [1.54, 1.807) is 19.4 Å². The molecule has 2 aromatic carbocycles. The number of ether oxygens (including phenoxy) is 2. The Morgan fingerprint density at radius 1 is 1.24 bits per heavy atom. The molecule has 0 unspecified atom stereocenters. The minimum atomic E-state index is -0.487. The lowest BCUT2D eigenvalue weighted by atomic mass is 10.1. The van der Waals surface area contributed by atoms with Gasteiger partial charge in [0, 0.05) is 56.4 Å². The molecule has 1 amide bonds. The molecule has 1 aliphatic heterocycles. The molecular formula is C24H27ClFN5O3. The van der Waals surface area contributed by atoms with Crippen molar-refractivity contribution in [2.24, 2.45) is 0 Å². The summed E-state index contributed by atoms with van der Waals surface area (Å²) < 4.78 is 25.2. The summed E-state index contributed by atoms with van der Waals surface area (Å²) in [5.41, 5.74) is 1.27. The highest BCUT2D eigenvalue weighted by Crippen LogP contribution is 2.34. The van der Waals surface area contributed by atoms with E-state index in [2.05, 4.69) is 25.5 Å². The van der Waals surface area contributed by atoms with Crippen molar-refractivity contribution >= 4 is 40.0 Å². The van der Waals surface area contributed by atoms with Crippen LogP contribution in [0, 0.1) is 5.82 Å². The van der Waals surface area contributed by atoms with Crippen LogP contribution in [0.2, 0.25) is 5.02 Å². The van der Waals surface area contributed by atoms with Gasteiger partial charge >= 0.3 is 0 Å². The number of carbonyl (C=O) groups excluding carboxylic acids is 1. The smallest absolute Gasteiger partial charge is 0.227 e. The van der Waals surface area contributed by atoms with Crippen molar-refractivity contribution in [2.75, 3.05) is 38.6 Å². The van der Waals surface area contributed by atoms with Crippen molar-refractivity contribution < 1.29 is 18.7 Å². The summed E-state index contributed by atoms with van der Waals surface area (Å²) in [6, 6.07) is 8.03. The third-order valence-corrected chi connectivity index (χ3v) is 5.96. The first-order chi connectivity index (χ1) is 16.4. The molecule has 1 aromatic heterocycles. The topological polar surface area (TPSA) is 88.6 Å². The zero-order valence-corrected chi connectivity index (χ0v) is 19.9. The molecule has 0 saturated carbocycles. The molecule has 0 spiro atoms. The number of rotatable bonds is 8. The lowest BCUT2D eigenvalue weighted by Gasteiger charge is -2.32. The number of amides is 1. The third kappa shape index (κ3) is 6.03. The van der Waals surface area contributed by atoms with Crippen molar-refractivity contribution in [3.63, 3.8) is 0 Å². The maximum absolute atomic E-state index is 13.4. The fraction of sp³-hybridized carbons (Fsp3) is 0.375. The molecule has 8 nitrogen and oxygen atoms in total. The van der Waals surface area contributed by atoms with E-state index >= 15 is 0 Å². The number of halogens is 2. The maximum atomic E-state index is 13.4. The molecule has 2 N–H and O–H groups in total. The normalized spacial score (nSPS) is 14.7. The van der Waals surface area contributed by atoms with Gasteiger partial charge in [0.2, 0.25) is 11.9 Å². The number of carbonyl (C=O) groups is 1. The summed E-state index contributed by atoms with van der Waals surface area (Å²) >= 11 is 5.85. The number of methoxy groups -OCH3 is 1. The Morgan fingerprint density at radius 3 is 2.74 bits per heavy atom. The fourth-order valence-electron chi connectivity index (χ4n) is 3.87. The number of hydrogen-bond acceptors (Lipinski definition) is 7. The number of benzene rings is 2. The van der Waals surface area contributed by atoms with Gasteiger partial charge in [-0.15, -0.1) is 0 Å². The Bertz CT molecular complexity index is 1170. The lowest BCUT2D eigenvalue weighted by molar-refractivity contribution is -0.119. The zero-order valence-electron chi connectivity index (χ0n) is 19.1. The first-order valence-corrected chi connectivity index (χ1v) is 11.5. The van der Waals surface area contributed by atoms with Crippen LogP contribution in [-0.2, 0) is 4.79 Å². The molecule has 1 fully saturated rings. The number of nitrogens with one attached hydrogen (secondary N) is 2. The first-order valence-electron chi connectivity index (χ1n) is 11.1. The van der Waals surface area contributed by atoms with Gasteiger partial charge in [0.25, 0.3) is 0 Å². The summed E-state index contributed by atoms with van der Waals surface area (Å²) in [5, 5.41) is 6.70. The summed E-state index contributed by atoms with van der Waals surface area (Å²) in [7, 11) is 1.60.